The topological polar surface area (TPSA) is 76.5 Å². The van der Waals surface area contributed by atoms with Crippen molar-refractivity contribution in [3.63, 3.8) is 0 Å². The van der Waals surface area contributed by atoms with Crippen LogP contribution in [-0.2, 0) is 16.6 Å². The van der Waals surface area contributed by atoms with Crippen molar-refractivity contribution in [2.24, 2.45) is 17.8 Å². The number of fused-ring (bicyclic) bond motifs is 2. The summed E-state index contributed by atoms with van der Waals surface area (Å²) in [4.78, 5) is 19.7. The van der Waals surface area contributed by atoms with Crippen LogP contribution in [0.15, 0.2) is 24.3 Å². The maximum atomic E-state index is 12.2. The van der Waals surface area contributed by atoms with Crippen molar-refractivity contribution in [3.8, 4) is 11.5 Å². The third-order valence-electron chi connectivity index (χ3n) is 12.0. The molecule has 7 nitrogen and oxygen atoms in total. The van der Waals surface area contributed by atoms with Crippen molar-refractivity contribution >= 4 is 5.91 Å². The van der Waals surface area contributed by atoms with E-state index in [0.29, 0.717) is 29.7 Å². The molecule has 1 spiro atoms. The number of hydrogen-bond donors (Lipinski definition) is 2. The Bertz CT molecular complexity index is 1200. The number of hydrogen-bond acceptors (Lipinski definition) is 6. The Morgan fingerprint density at radius 2 is 1.87 bits per heavy atom. The van der Waals surface area contributed by atoms with Crippen LogP contribution in [0.5, 0.6) is 11.5 Å². The maximum Gasteiger partial charge on any atom is 0.222 e. The molecule has 0 aromatic heterocycles. The largest absolute Gasteiger partial charge is 0.504 e. The first-order valence-electron chi connectivity index (χ1n) is 15.6. The number of likely N-dealkylation sites (N-methyl/N-ethyl adjacent to an activating group) is 1. The van der Waals surface area contributed by atoms with Gasteiger partial charge < -0.3 is 24.7 Å². The lowest BCUT2D eigenvalue weighted by Gasteiger charge is -2.58. The van der Waals surface area contributed by atoms with Crippen LogP contribution >= 0.6 is 0 Å². The first-order chi connectivity index (χ1) is 19.0. The lowest BCUT2D eigenvalue weighted by atomic mass is 9.53. The molecule has 210 valence electrons. The number of likely N-dealkylation sites (tertiary alicyclic amines) is 1. The highest BCUT2D eigenvalue weighted by Crippen LogP contribution is 2.62. The smallest absolute Gasteiger partial charge is 0.222 e. The van der Waals surface area contributed by atoms with Gasteiger partial charge >= 0.3 is 0 Å². The summed E-state index contributed by atoms with van der Waals surface area (Å²) in [5.41, 5.74) is 2.29. The van der Waals surface area contributed by atoms with Gasteiger partial charge in [-0.25, -0.2) is 0 Å². The summed E-state index contributed by atoms with van der Waals surface area (Å²) >= 11 is 0. The number of ether oxygens (including phenoxy) is 1. The molecule has 1 aromatic carbocycles. The molecule has 2 N–H and O–H groups in total. The van der Waals surface area contributed by atoms with E-state index in [4.69, 9.17) is 4.74 Å². The highest BCUT2D eigenvalue weighted by molar-refractivity contribution is 5.77. The standard InChI is InChI=1S/C17H19NO3.C15H24N2O/c1-18-7-6-17-10-3-5-13(20)16(17)21-15-12(19)4-2-9(14(15)17)8-11(10)18;18-14-7-1-6-13-12-5-3-9-16-8-2-4-11(15(12)16)10-17(13)14/h2-5,10-11,13,16,19-20H,6-8H2,1H3;11-13,15H,1-10H2/t10-,11+,13-,16-,17-;11-,12-,13-,15+/m01/s1. The van der Waals surface area contributed by atoms with Crippen LogP contribution < -0.4 is 4.74 Å². The lowest BCUT2D eigenvalue weighted by Crippen LogP contribution is -2.66. The SMILES string of the molecule is CN1CC[C@]23c4c5ccc(O)c4O[C@H]2[C@@H](O)C=C[C@H]3[C@H]1C5.O=C1CCC[C@@H]2[C@H]3CCCN4CCC[C@H](CN12)[C@@H]34. The summed E-state index contributed by atoms with van der Waals surface area (Å²) in [6, 6.07) is 5.64. The Morgan fingerprint density at radius 3 is 2.74 bits per heavy atom. The zero-order valence-corrected chi connectivity index (χ0v) is 23.2. The van der Waals surface area contributed by atoms with Crippen LogP contribution in [0.25, 0.3) is 0 Å². The van der Waals surface area contributed by atoms with Gasteiger partial charge in [0, 0.05) is 48.0 Å². The Labute approximate surface area is 231 Å². The van der Waals surface area contributed by atoms with E-state index in [-0.39, 0.29) is 17.3 Å². The number of phenols is 1. The van der Waals surface area contributed by atoms with Crippen molar-refractivity contribution in [1.29, 1.82) is 0 Å². The molecule has 1 aromatic rings. The van der Waals surface area contributed by atoms with E-state index in [2.05, 4.69) is 27.8 Å². The van der Waals surface area contributed by atoms with Crippen LogP contribution in [-0.4, -0.2) is 94.4 Å². The molecule has 7 heteroatoms. The Balaban J connectivity index is 0.000000122. The van der Waals surface area contributed by atoms with Gasteiger partial charge in [-0.05, 0) is 102 Å². The molecule has 0 unspecified atom stereocenters. The van der Waals surface area contributed by atoms with Crippen LogP contribution in [0.4, 0.5) is 0 Å². The molecule has 5 saturated heterocycles. The number of carbonyl (C=O) groups excluding carboxylic acids is 1. The first kappa shape index (κ1) is 24.7. The minimum Gasteiger partial charge on any atom is -0.504 e. The second-order valence-electron chi connectivity index (χ2n) is 13.7. The zero-order chi connectivity index (χ0) is 26.5. The number of aromatic hydroxyl groups is 1. The van der Waals surface area contributed by atoms with Crippen molar-refractivity contribution in [1.82, 2.24) is 14.7 Å². The molecule has 6 heterocycles. The Hall–Kier alpha value is -2.09. The number of nitrogens with zero attached hydrogens (tertiary/aromatic N) is 3. The normalized spacial score (nSPS) is 43.4. The van der Waals surface area contributed by atoms with Gasteiger partial charge in [0.15, 0.2) is 11.5 Å². The number of aliphatic hydroxyl groups is 1. The number of amides is 1. The van der Waals surface area contributed by atoms with Crippen molar-refractivity contribution in [2.45, 2.75) is 93.5 Å². The molecule has 0 radical (unpaired) electrons. The Kier molecular flexibility index (Phi) is 5.67. The monoisotopic (exact) mass is 533 g/mol. The van der Waals surface area contributed by atoms with Crippen LogP contribution in [0.3, 0.4) is 0 Å². The molecule has 5 fully saturated rings. The van der Waals surface area contributed by atoms with Crippen LogP contribution in [0, 0.1) is 17.8 Å². The summed E-state index contributed by atoms with van der Waals surface area (Å²) in [5, 5.41) is 20.6. The van der Waals surface area contributed by atoms with Crippen molar-refractivity contribution in [3.05, 3.63) is 35.4 Å². The number of carbonyl (C=O) groups is 1. The van der Waals surface area contributed by atoms with E-state index in [1.807, 2.05) is 12.1 Å². The predicted molar refractivity (Wildman–Crippen MR) is 148 cm³/mol. The summed E-state index contributed by atoms with van der Waals surface area (Å²) in [6.07, 6.45) is 13.8. The van der Waals surface area contributed by atoms with E-state index >= 15 is 0 Å². The maximum absolute atomic E-state index is 12.2. The fraction of sp³-hybridized carbons (Fsp3) is 0.719. The molecular weight excluding hydrogens is 490 g/mol. The van der Waals surface area contributed by atoms with E-state index in [0.717, 1.165) is 56.7 Å². The highest BCUT2D eigenvalue weighted by Gasteiger charge is 2.64. The van der Waals surface area contributed by atoms with Gasteiger partial charge in [0.1, 0.15) is 12.2 Å². The molecule has 8 aliphatic rings. The van der Waals surface area contributed by atoms with E-state index in [1.165, 1.54) is 56.3 Å². The predicted octanol–water partition coefficient (Wildman–Crippen LogP) is 3.07. The average molecular weight is 534 g/mol. The van der Waals surface area contributed by atoms with E-state index in [1.54, 1.807) is 6.07 Å². The van der Waals surface area contributed by atoms with Gasteiger partial charge in [0.05, 0.1) is 0 Å². The summed E-state index contributed by atoms with van der Waals surface area (Å²) in [6.45, 7) is 4.72. The van der Waals surface area contributed by atoms with Crippen LogP contribution in [0.2, 0.25) is 0 Å². The van der Waals surface area contributed by atoms with Gasteiger partial charge in [-0.3, -0.25) is 9.69 Å². The minimum absolute atomic E-state index is 0.160. The number of benzene rings is 1. The zero-order valence-electron chi connectivity index (χ0n) is 23.2. The lowest BCUT2D eigenvalue weighted by molar-refractivity contribution is -0.150. The number of rotatable bonds is 0. The van der Waals surface area contributed by atoms with Gasteiger partial charge in [-0.2, -0.15) is 0 Å². The molecular formula is C32H43N3O4. The highest BCUT2D eigenvalue weighted by atomic mass is 16.5. The fourth-order valence-electron chi connectivity index (χ4n) is 10.5. The fourth-order valence-corrected chi connectivity index (χ4v) is 10.5. The Morgan fingerprint density at radius 1 is 1.03 bits per heavy atom. The molecule has 6 aliphatic heterocycles. The van der Waals surface area contributed by atoms with Gasteiger partial charge in [-0.1, -0.05) is 18.2 Å². The molecule has 39 heavy (non-hydrogen) atoms. The van der Waals surface area contributed by atoms with E-state index in [9.17, 15) is 15.0 Å². The summed E-state index contributed by atoms with van der Waals surface area (Å²) in [7, 11) is 2.19. The number of phenolic OH excluding ortho intramolecular Hbond substituents is 1. The van der Waals surface area contributed by atoms with Gasteiger partial charge in [0.2, 0.25) is 5.91 Å². The third-order valence-corrected chi connectivity index (χ3v) is 12.0. The molecule has 2 aliphatic carbocycles. The molecule has 1 amide bonds. The molecule has 9 atom stereocenters. The summed E-state index contributed by atoms with van der Waals surface area (Å²) < 4.78 is 6.09. The molecule has 0 saturated carbocycles. The average Bonchev–Trinajstić information content (AvgIpc) is 3.31. The van der Waals surface area contributed by atoms with E-state index < -0.39 is 6.10 Å². The van der Waals surface area contributed by atoms with Crippen LogP contribution in [0.1, 0.15) is 62.5 Å². The number of piperidine rings is 5. The van der Waals surface area contributed by atoms with Crippen molar-refractivity contribution < 1.29 is 19.7 Å². The van der Waals surface area contributed by atoms with Crippen molar-refractivity contribution in [2.75, 3.05) is 33.2 Å². The third kappa shape index (κ3) is 3.42. The number of aliphatic hydroxyl groups excluding tert-OH is 1. The van der Waals surface area contributed by atoms with Gasteiger partial charge in [0.25, 0.3) is 0 Å². The summed E-state index contributed by atoms with van der Waals surface area (Å²) in [5.74, 6) is 3.21. The molecule has 9 rings (SSSR count). The molecule has 2 bridgehead atoms. The quantitative estimate of drug-likeness (QED) is 0.500. The minimum atomic E-state index is -0.594. The first-order valence-corrected chi connectivity index (χ1v) is 15.6. The van der Waals surface area contributed by atoms with Gasteiger partial charge in [-0.15, -0.1) is 0 Å². The second-order valence-corrected chi connectivity index (χ2v) is 13.7. The second kappa shape index (κ2) is 8.95.